The number of nitrogens with zero attached hydrogens (tertiary/aromatic N) is 1. The fraction of sp³-hybridized carbons (Fsp3) is 0.133. The van der Waals surface area contributed by atoms with Gasteiger partial charge in [-0.15, -0.1) is 0 Å². The molecule has 0 aliphatic rings. The summed E-state index contributed by atoms with van der Waals surface area (Å²) in [5, 5.41) is 0. The third-order valence-electron chi connectivity index (χ3n) is 2.84. The van der Waals surface area contributed by atoms with Crippen molar-refractivity contribution in [2.75, 3.05) is 7.05 Å². The van der Waals surface area contributed by atoms with Crippen molar-refractivity contribution in [3.8, 4) is 0 Å². The molecule has 5 heteroatoms. The van der Waals surface area contributed by atoms with Gasteiger partial charge in [-0.1, -0.05) is 28.1 Å². The number of benzene rings is 2. The molecule has 2 nitrogen and oxygen atoms in total. The molecule has 0 aliphatic heterocycles. The maximum Gasteiger partial charge on any atom is 0.256 e. The third-order valence-corrected chi connectivity index (χ3v) is 3.37. The number of carbonyl (C=O) groups is 1. The van der Waals surface area contributed by atoms with Gasteiger partial charge in [-0.25, -0.2) is 8.78 Å². The van der Waals surface area contributed by atoms with Gasteiger partial charge in [-0.05, 0) is 35.9 Å². The van der Waals surface area contributed by atoms with Crippen LogP contribution in [-0.4, -0.2) is 17.9 Å². The van der Waals surface area contributed by atoms with E-state index in [0.29, 0.717) is 6.54 Å². The van der Waals surface area contributed by atoms with Crippen molar-refractivity contribution >= 4 is 21.8 Å². The van der Waals surface area contributed by atoms with Crippen molar-refractivity contribution in [1.29, 1.82) is 0 Å². The zero-order valence-corrected chi connectivity index (χ0v) is 12.3. The number of carbonyl (C=O) groups excluding carboxylic acids is 1. The van der Waals surface area contributed by atoms with Gasteiger partial charge in [0.25, 0.3) is 5.91 Å². The van der Waals surface area contributed by atoms with Crippen LogP contribution in [0.2, 0.25) is 0 Å². The second kappa shape index (κ2) is 6.13. The molecule has 20 heavy (non-hydrogen) atoms. The van der Waals surface area contributed by atoms with Crippen LogP contribution < -0.4 is 0 Å². The van der Waals surface area contributed by atoms with Crippen molar-refractivity contribution in [2.24, 2.45) is 0 Å². The average molecular weight is 340 g/mol. The second-order valence-corrected chi connectivity index (χ2v) is 5.33. The Morgan fingerprint density at radius 1 is 1.15 bits per heavy atom. The van der Waals surface area contributed by atoms with Gasteiger partial charge in [0, 0.05) is 18.1 Å². The lowest BCUT2D eigenvalue weighted by Crippen LogP contribution is -2.27. The van der Waals surface area contributed by atoms with Crippen molar-refractivity contribution < 1.29 is 13.6 Å². The van der Waals surface area contributed by atoms with Crippen LogP contribution in [0.5, 0.6) is 0 Å². The standard InChI is InChI=1S/C15H12BrF2NO/c1-19(9-10-2-4-11(16)5-3-10)15(20)13-8-12(17)6-7-14(13)18/h2-8H,9H2,1H3. The summed E-state index contributed by atoms with van der Waals surface area (Å²) in [6, 6.07) is 10.3. The van der Waals surface area contributed by atoms with Gasteiger partial charge in [0.15, 0.2) is 0 Å². The second-order valence-electron chi connectivity index (χ2n) is 4.41. The lowest BCUT2D eigenvalue weighted by atomic mass is 10.1. The van der Waals surface area contributed by atoms with Crippen molar-refractivity contribution in [1.82, 2.24) is 4.90 Å². The minimum Gasteiger partial charge on any atom is -0.337 e. The van der Waals surface area contributed by atoms with Crippen molar-refractivity contribution in [3.05, 3.63) is 69.7 Å². The van der Waals surface area contributed by atoms with E-state index in [1.807, 2.05) is 24.3 Å². The van der Waals surface area contributed by atoms with Crippen LogP contribution in [-0.2, 0) is 6.54 Å². The molecule has 0 saturated heterocycles. The summed E-state index contributed by atoms with van der Waals surface area (Å²) >= 11 is 3.32. The summed E-state index contributed by atoms with van der Waals surface area (Å²) < 4.78 is 27.6. The molecule has 2 aromatic carbocycles. The first-order valence-corrected chi connectivity index (χ1v) is 6.71. The fourth-order valence-corrected chi connectivity index (χ4v) is 2.07. The van der Waals surface area contributed by atoms with Crippen LogP contribution in [0.25, 0.3) is 0 Å². The van der Waals surface area contributed by atoms with Crippen LogP contribution >= 0.6 is 15.9 Å². The van der Waals surface area contributed by atoms with E-state index in [1.54, 1.807) is 7.05 Å². The Morgan fingerprint density at radius 2 is 1.80 bits per heavy atom. The van der Waals surface area contributed by atoms with E-state index in [-0.39, 0.29) is 5.56 Å². The van der Waals surface area contributed by atoms with Crippen LogP contribution in [0.3, 0.4) is 0 Å². The molecule has 0 aliphatic carbocycles. The van der Waals surface area contributed by atoms with Crippen LogP contribution in [0, 0.1) is 11.6 Å². The summed E-state index contributed by atoms with van der Waals surface area (Å²) in [5.74, 6) is -1.91. The van der Waals surface area contributed by atoms with Gasteiger partial charge in [0.05, 0.1) is 5.56 Å². The third kappa shape index (κ3) is 3.42. The largest absolute Gasteiger partial charge is 0.337 e. The maximum absolute atomic E-state index is 13.6. The van der Waals surface area contributed by atoms with Crippen LogP contribution in [0.15, 0.2) is 46.9 Å². The van der Waals surface area contributed by atoms with Crippen LogP contribution in [0.4, 0.5) is 8.78 Å². The van der Waals surface area contributed by atoms with Crippen molar-refractivity contribution in [2.45, 2.75) is 6.54 Å². The van der Waals surface area contributed by atoms with E-state index in [4.69, 9.17) is 0 Å². The van der Waals surface area contributed by atoms with Crippen molar-refractivity contribution in [3.63, 3.8) is 0 Å². The first-order valence-electron chi connectivity index (χ1n) is 5.92. The number of hydrogen-bond donors (Lipinski definition) is 0. The maximum atomic E-state index is 13.6. The molecule has 0 bridgehead atoms. The molecule has 0 saturated carbocycles. The Labute approximate surface area is 124 Å². The Balaban J connectivity index is 2.16. The average Bonchev–Trinajstić information content (AvgIpc) is 2.43. The van der Waals surface area contributed by atoms with Gasteiger partial charge in [0.1, 0.15) is 11.6 Å². The van der Waals surface area contributed by atoms with Gasteiger partial charge in [-0.2, -0.15) is 0 Å². The summed E-state index contributed by atoms with van der Waals surface area (Å²) in [5.41, 5.74) is 0.644. The van der Waals surface area contributed by atoms with E-state index in [9.17, 15) is 13.6 Å². The minimum absolute atomic E-state index is 0.260. The van der Waals surface area contributed by atoms with E-state index >= 15 is 0 Å². The number of rotatable bonds is 3. The van der Waals surface area contributed by atoms with Gasteiger partial charge in [-0.3, -0.25) is 4.79 Å². The molecule has 2 rings (SSSR count). The summed E-state index contributed by atoms with van der Waals surface area (Å²) in [7, 11) is 1.55. The first-order chi connectivity index (χ1) is 9.47. The molecular weight excluding hydrogens is 328 g/mol. The van der Waals surface area contributed by atoms with Gasteiger partial charge >= 0.3 is 0 Å². The molecule has 0 N–H and O–H groups in total. The minimum atomic E-state index is -0.723. The molecule has 2 aromatic rings. The fourth-order valence-electron chi connectivity index (χ4n) is 1.80. The molecule has 0 aromatic heterocycles. The SMILES string of the molecule is CN(Cc1ccc(Br)cc1)C(=O)c1cc(F)ccc1F. The van der Waals surface area contributed by atoms with E-state index < -0.39 is 17.5 Å². The molecular formula is C15H12BrF2NO. The topological polar surface area (TPSA) is 20.3 Å². The van der Waals surface area contributed by atoms with Gasteiger partial charge < -0.3 is 4.90 Å². The highest BCUT2D eigenvalue weighted by atomic mass is 79.9. The Morgan fingerprint density at radius 3 is 2.45 bits per heavy atom. The zero-order valence-electron chi connectivity index (χ0n) is 10.7. The highest BCUT2D eigenvalue weighted by Gasteiger charge is 2.17. The predicted octanol–water partition coefficient (Wildman–Crippen LogP) is 4.00. The molecule has 0 unspecified atom stereocenters. The van der Waals surface area contributed by atoms with E-state index in [1.165, 1.54) is 4.90 Å². The van der Waals surface area contributed by atoms with E-state index in [0.717, 1.165) is 28.2 Å². The summed E-state index contributed by atoms with van der Waals surface area (Å²) in [4.78, 5) is 13.4. The summed E-state index contributed by atoms with van der Waals surface area (Å²) in [6.45, 7) is 0.321. The normalized spacial score (nSPS) is 10.4. The quantitative estimate of drug-likeness (QED) is 0.827. The summed E-state index contributed by atoms with van der Waals surface area (Å²) in [6.07, 6.45) is 0. The lowest BCUT2D eigenvalue weighted by molar-refractivity contribution is 0.0780. The molecule has 0 spiro atoms. The van der Waals surface area contributed by atoms with Crippen LogP contribution in [0.1, 0.15) is 15.9 Å². The molecule has 104 valence electrons. The Hall–Kier alpha value is -1.75. The molecule has 0 heterocycles. The Bertz CT molecular complexity index is 628. The highest BCUT2D eigenvalue weighted by molar-refractivity contribution is 9.10. The zero-order chi connectivity index (χ0) is 14.7. The number of amides is 1. The number of hydrogen-bond acceptors (Lipinski definition) is 1. The lowest BCUT2D eigenvalue weighted by Gasteiger charge is -2.17. The molecule has 1 amide bonds. The smallest absolute Gasteiger partial charge is 0.256 e. The highest BCUT2D eigenvalue weighted by Crippen LogP contribution is 2.15. The molecule has 0 atom stereocenters. The Kier molecular flexibility index (Phi) is 4.49. The number of halogens is 3. The monoisotopic (exact) mass is 339 g/mol. The molecule has 0 fully saturated rings. The first kappa shape index (κ1) is 14.7. The predicted molar refractivity (Wildman–Crippen MR) is 76.3 cm³/mol. The van der Waals surface area contributed by atoms with E-state index in [2.05, 4.69) is 15.9 Å². The molecule has 0 radical (unpaired) electrons. The van der Waals surface area contributed by atoms with Gasteiger partial charge in [0.2, 0.25) is 0 Å².